The second-order valence-electron chi connectivity index (χ2n) is 9.03. The van der Waals surface area contributed by atoms with E-state index in [9.17, 15) is 0 Å². The zero-order valence-electron chi connectivity index (χ0n) is 19.6. The molecule has 2 aromatic heterocycles. The zero-order valence-corrected chi connectivity index (χ0v) is 20.4. The number of halogens is 1. The molecule has 2 N–H and O–H groups in total. The van der Waals surface area contributed by atoms with Gasteiger partial charge in [0.15, 0.2) is 17.1 Å². The standard InChI is InChI=1S/C25H26ClN7O2/c1-15(2)31-9-11-32(12-10-31)25-28-22(16-3-8-19-20(13-16)35-14-34-19)21-23(27)33(30-24(21)29-25)18-6-4-17(26)5-7-18/h3-8,13,15H,9-12,14,27H2,1-2H3. The van der Waals surface area contributed by atoms with Gasteiger partial charge in [0, 0.05) is 42.8 Å². The maximum absolute atomic E-state index is 6.65. The van der Waals surface area contributed by atoms with Crippen molar-refractivity contribution < 1.29 is 9.47 Å². The van der Waals surface area contributed by atoms with Gasteiger partial charge < -0.3 is 20.1 Å². The Labute approximate surface area is 208 Å². The molecule has 0 spiro atoms. The number of nitrogen functional groups attached to an aromatic ring is 1. The Balaban J connectivity index is 1.49. The summed E-state index contributed by atoms with van der Waals surface area (Å²) in [5.41, 5.74) is 9.58. The van der Waals surface area contributed by atoms with Gasteiger partial charge in [0.1, 0.15) is 5.82 Å². The maximum Gasteiger partial charge on any atom is 0.231 e. The number of ether oxygens (including phenoxy) is 2. The molecule has 4 heterocycles. The van der Waals surface area contributed by atoms with Crippen LogP contribution < -0.4 is 20.1 Å². The highest BCUT2D eigenvalue weighted by Gasteiger charge is 2.25. The summed E-state index contributed by atoms with van der Waals surface area (Å²) in [6.45, 7) is 8.26. The minimum atomic E-state index is 0.208. The van der Waals surface area contributed by atoms with Gasteiger partial charge in [0.05, 0.1) is 16.8 Å². The topological polar surface area (TPSA) is 94.6 Å². The Bertz CT molecular complexity index is 1400. The van der Waals surface area contributed by atoms with Crippen LogP contribution in [0.4, 0.5) is 11.8 Å². The van der Waals surface area contributed by atoms with Crippen molar-refractivity contribution in [2.75, 3.05) is 43.6 Å². The first-order valence-corrected chi connectivity index (χ1v) is 12.1. The van der Waals surface area contributed by atoms with Crippen LogP contribution in [0.15, 0.2) is 42.5 Å². The Kier molecular flexibility index (Phi) is 5.38. The molecule has 0 unspecified atom stereocenters. The predicted molar refractivity (Wildman–Crippen MR) is 137 cm³/mol. The van der Waals surface area contributed by atoms with Crippen LogP contribution in [0.5, 0.6) is 11.5 Å². The molecule has 0 bridgehead atoms. The first kappa shape index (κ1) is 21.9. The Morgan fingerprint density at radius 3 is 2.43 bits per heavy atom. The van der Waals surface area contributed by atoms with Crippen LogP contribution in [-0.2, 0) is 0 Å². The van der Waals surface area contributed by atoms with Gasteiger partial charge in [-0.2, -0.15) is 4.98 Å². The number of anilines is 2. The summed E-state index contributed by atoms with van der Waals surface area (Å²) in [4.78, 5) is 14.5. The summed E-state index contributed by atoms with van der Waals surface area (Å²) in [7, 11) is 0. The molecule has 1 saturated heterocycles. The Morgan fingerprint density at radius 1 is 0.943 bits per heavy atom. The summed E-state index contributed by atoms with van der Waals surface area (Å²) < 4.78 is 12.8. The second kappa shape index (κ2) is 8.58. The molecule has 0 amide bonds. The van der Waals surface area contributed by atoms with Crippen LogP contribution >= 0.6 is 11.6 Å². The third-order valence-electron chi connectivity index (χ3n) is 6.60. The Hall–Kier alpha value is -3.56. The molecule has 180 valence electrons. The van der Waals surface area contributed by atoms with Crippen molar-refractivity contribution in [2.45, 2.75) is 19.9 Å². The van der Waals surface area contributed by atoms with Gasteiger partial charge in [-0.15, -0.1) is 5.10 Å². The zero-order chi connectivity index (χ0) is 24.1. The summed E-state index contributed by atoms with van der Waals surface area (Å²) in [6, 6.07) is 13.7. The molecular formula is C25H26ClN7O2. The first-order chi connectivity index (χ1) is 17.0. The summed E-state index contributed by atoms with van der Waals surface area (Å²) in [5.74, 6) is 2.51. The van der Waals surface area contributed by atoms with Gasteiger partial charge in [-0.1, -0.05) is 11.6 Å². The van der Waals surface area contributed by atoms with E-state index in [4.69, 9.17) is 41.9 Å². The lowest BCUT2D eigenvalue weighted by Crippen LogP contribution is -2.49. The van der Waals surface area contributed by atoms with E-state index in [1.54, 1.807) is 4.68 Å². The van der Waals surface area contributed by atoms with E-state index in [-0.39, 0.29) is 6.79 Å². The van der Waals surface area contributed by atoms with Crippen molar-refractivity contribution in [2.24, 2.45) is 0 Å². The number of hydrogen-bond donors (Lipinski definition) is 1. The largest absolute Gasteiger partial charge is 0.454 e. The van der Waals surface area contributed by atoms with E-state index in [1.807, 2.05) is 42.5 Å². The lowest BCUT2D eigenvalue weighted by Gasteiger charge is -2.36. The highest BCUT2D eigenvalue weighted by molar-refractivity contribution is 6.30. The number of hydrogen-bond acceptors (Lipinski definition) is 8. The van der Waals surface area contributed by atoms with Crippen LogP contribution in [-0.4, -0.2) is 63.7 Å². The van der Waals surface area contributed by atoms with Gasteiger partial charge in [0.25, 0.3) is 0 Å². The maximum atomic E-state index is 6.65. The minimum Gasteiger partial charge on any atom is -0.454 e. The second-order valence-corrected chi connectivity index (χ2v) is 9.47. The number of nitrogens with two attached hydrogens (primary N) is 1. The van der Waals surface area contributed by atoms with Crippen LogP contribution in [0.25, 0.3) is 28.0 Å². The molecule has 0 atom stereocenters. The fraction of sp³-hybridized carbons (Fsp3) is 0.320. The molecule has 0 aliphatic carbocycles. The van der Waals surface area contributed by atoms with E-state index in [0.29, 0.717) is 51.1 Å². The number of benzene rings is 2. The normalized spacial score (nSPS) is 15.9. The van der Waals surface area contributed by atoms with Crippen LogP contribution in [0, 0.1) is 0 Å². The fourth-order valence-corrected chi connectivity index (χ4v) is 4.74. The molecule has 2 aliphatic heterocycles. The molecule has 4 aromatic rings. The number of aromatic nitrogens is 4. The van der Waals surface area contributed by atoms with Crippen molar-refractivity contribution >= 4 is 34.4 Å². The van der Waals surface area contributed by atoms with Crippen molar-refractivity contribution in [3.8, 4) is 28.4 Å². The van der Waals surface area contributed by atoms with E-state index < -0.39 is 0 Å². The SMILES string of the molecule is CC(C)N1CCN(c2nc(-c3ccc4c(c3)OCO4)c3c(N)n(-c4ccc(Cl)cc4)nc3n2)CC1. The molecule has 9 nitrogen and oxygen atoms in total. The quantitative estimate of drug-likeness (QED) is 0.458. The molecular weight excluding hydrogens is 466 g/mol. The van der Waals surface area contributed by atoms with Gasteiger partial charge in [0.2, 0.25) is 12.7 Å². The van der Waals surface area contributed by atoms with Crippen molar-refractivity contribution in [1.82, 2.24) is 24.6 Å². The van der Waals surface area contributed by atoms with Crippen LogP contribution in [0.1, 0.15) is 13.8 Å². The number of nitrogens with zero attached hydrogens (tertiary/aromatic N) is 6. The number of rotatable bonds is 4. The van der Waals surface area contributed by atoms with Gasteiger partial charge in [-0.3, -0.25) is 4.90 Å². The average molecular weight is 492 g/mol. The van der Waals surface area contributed by atoms with Gasteiger partial charge in [-0.25, -0.2) is 9.67 Å². The van der Waals surface area contributed by atoms with E-state index >= 15 is 0 Å². The van der Waals surface area contributed by atoms with E-state index in [0.717, 1.165) is 37.4 Å². The lowest BCUT2D eigenvalue weighted by molar-refractivity contribution is 0.174. The molecule has 2 aliphatic rings. The predicted octanol–water partition coefficient (Wildman–Crippen LogP) is 3.98. The fourth-order valence-electron chi connectivity index (χ4n) is 4.61. The molecule has 2 aromatic carbocycles. The van der Waals surface area contributed by atoms with Crippen molar-refractivity contribution in [1.29, 1.82) is 0 Å². The molecule has 6 rings (SSSR count). The minimum absolute atomic E-state index is 0.208. The van der Waals surface area contributed by atoms with Crippen molar-refractivity contribution in [3.63, 3.8) is 0 Å². The van der Waals surface area contributed by atoms with Crippen LogP contribution in [0.2, 0.25) is 5.02 Å². The van der Waals surface area contributed by atoms with E-state index in [2.05, 4.69) is 23.6 Å². The average Bonchev–Trinajstić information content (AvgIpc) is 3.48. The number of fused-ring (bicyclic) bond motifs is 2. The summed E-state index contributed by atoms with van der Waals surface area (Å²) >= 11 is 6.09. The molecule has 1 fully saturated rings. The lowest BCUT2D eigenvalue weighted by atomic mass is 10.1. The molecule has 10 heteroatoms. The highest BCUT2D eigenvalue weighted by Crippen LogP contribution is 2.39. The van der Waals surface area contributed by atoms with Gasteiger partial charge in [-0.05, 0) is 56.3 Å². The molecule has 0 saturated carbocycles. The Morgan fingerprint density at radius 2 is 1.69 bits per heavy atom. The summed E-state index contributed by atoms with van der Waals surface area (Å²) in [6.07, 6.45) is 0. The van der Waals surface area contributed by atoms with Crippen LogP contribution in [0.3, 0.4) is 0 Å². The molecule has 35 heavy (non-hydrogen) atoms. The smallest absolute Gasteiger partial charge is 0.231 e. The van der Waals surface area contributed by atoms with Crippen molar-refractivity contribution in [3.05, 3.63) is 47.5 Å². The third kappa shape index (κ3) is 3.90. The highest BCUT2D eigenvalue weighted by atomic mass is 35.5. The summed E-state index contributed by atoms with van der Waals surface area (Å²) in [5, 5.41) is 6.12. The molecule has 0 radical (unpaired) electrons. The van der Waals surface area contributed by atoms with Gasteiger partial charge >= 0.3 is 0 Å². The monoisotopic (exact) mass is 491 g/mol. The van der Waals surface area contributed by atoms with E-state index in [1.165, 1.54) is 0 Å². The first-order valence-electron chi connectivity index (χ1n) is 11.7. The number of piperazine rings is 1. The third-order valence-corrected chi connectivity index (χ3v) is 6.85.